The number of rotatable bonds is 14. The van der Waals surface area contributed by atoms with E-state index in [1.807, 2.05) is 0 Å². The fourth-order valence-corrected chi connectivity index (χ4v) is 15.5. The number of hydrogen-bond donors (Lipinski definition) is 0. The summed E-state index contributed by atoms with van der Waals surface area (Å²) in [6.45, 7) is 2.30. The molecule has 2 heteroatoms. The summed E-state index contributed by atoms with van der Waals surface area (Å²) in [6, 6.07) is 106. The van der Waals surface area contributed by atoms with Crippen molar-refractivity contribution in [3.8, 4) is 72.4 Å². The molecule has 0 radical (unpaired) electrons. The molecule has 420 valence electrons. The van der Waals surface area contributed by atoms with Gasteiger partial charge in [0, 0.05) is 33.4 Å². The molecule has 1 aromatic heterocycles. The maximum Gasteiger partial charge on any atom is 0.0726 e. The lowest BCUT2D eigenvalue weighted by molar-refractivity contribution is 0.444. The van der Waals surface area contributed by atoms with Crippen molar-refractivity contribution in [2.45, 2.75) is 82.5 Å². The predicted molar refractivity (Wildman–Crippen MR) is 367 cm³/mol. The summed E-state index contributed by atoms with van der Waals surface area (Å²) in [7, 11) is 0. The molecule has 0 atom stereocenters. The molecule has 1 heterocycles. The Morgan fingerprint density at radius 3 is 1.54 bits per heavy atom. The van der Waals surface area contributed by atoms with Crippen LogP contribution in [0.5, 0.6) is 0 Å². The highest BCUT2D eigenvalue weighted by atomic mass is 15.1. The van der Waals surface area contributed by atoms with Crippen LogP contribution in [0, 0.1) is 0 Å². The van der Waals surface area contributed by atoms with Crippen LogP contribution in [0.4, 0.5) is 17.1 Å². The summed E-state index contributed by atoms with van der Waals surface area (Å²) in [5, 5.41) is 2.78. The standard InChI is InChI=1S/C85H70N2/c1-2-3-4-7-21-58-36-52-83-76(54-58)77-56-66(60-24-10-6-11-25-60)45-53-84(77)87(83)69-48-43-64(44-49-69)62-39-37-61(38-40-62)63-41-46-68(47-42-63)86(82-35-19-15-28-71(82)67-27-20-26-65(55-67)59-22-8-5-9-23-59)70-50-51-75-74-31-14-18-34-80(74)85(81(75)57-70)78-32-16-12-29-72(78)73-30-13-17-33-79(73)85/h5,8-9,12-20,22-23,26-57,60H,2-4,6-7,10-11,21,24-25H2,1H3. The average Bonchev–Trinajstić information content (AvgIpc) is 1.52. The fourth-order valence-electron chi connectivity index (χ4n) is 15.5. The highest BCUT2D eigenvalue weighted by molar-refractivity contribution is 6.10. The van der Waals surface area contributed by atoms with Crippen LogP contribution in [0.1, 0.15) is 104 Å². The molecule has 12 aromatic carbocycles. The summed E-state index contributed by atoms with van der Waals surface area (Å²) in [5.41, 5.74) is 29.7. The van der Waals surface area contributed by atoms with E-state index < -0.39 is 5.41 Å². The minimum absolute atomic E-state index is 0.467. The van der Waals surface area contributed by atoms with Crippen molar-refractivity contribution in [1.29, 1.82) is 0 Å². The zero-order valence-corrected chi connectivity index (χ0v) is 49.6. The van der Waals surface area contributed by atoms with E-state index in [9.17, 15) is 0 Å². The van der Waals surface area contributed by atoms with Gasteiger partial charge in [0.15, 0.2) is 0 Å². The molecule has 3 aliphatic carbocycles. The van der Waals surface area contributed by atoms with Crippen LogP contribution >= 0.6 is 0 Å². The molecule has 1 saturated carbocycles. The summed E-state index contributed by atoms with van der Waals surface area (Å²) < 4.78 is 2.50. The quantitative estimate of drug-likeness (QED) is 0.0985. The van der Waals surface area contributed by atoms with Crippen molar-refractivity contribution in [3.63, 3.8) is 0 Å². The molecule has 0 bridgehead atoms. The lowest BCUT2D eigenvalue weighted by atomic mass is 9.70. The van der Waals surface area contributed by atoms with Crippen LogP contribution in [-0.4, -0.2) is 4.57 Å². The first-order valence-electron chi connectivity index (χ1n) is 32.0. The van der Waals surface area contributed by atoms with Gasteiger partial charge in [-0.25, -0.2) is 0 Å². The SMILES string of the molecule is CCCCCCc1ccc2c(c1)c1cc(C3CCCCC3)ccc1n2-c1ccc(-c2ccc(-c3ccc(N(c4ccc5c(c4)C4(c6ccccc6-c6ccccc64)c4ccccc4-5)c4ccccc4-c4cccc(-c5ccccc5)c4)cc3)cc2)cc1. The smallest absolute Gasteiger partial charge is 0.0726 e. The number of para-hydroxylation sites is 1. The average molecular weight is 1120 g/mol. The Labute approximate surface area is 512 Å². The zero-order valence-electron chi connectivity index (χ0n) is 49.6. The number of aryl methyl sites for hydroxylation is 1. The Morgan fingerprint density at radius 2 is 0.885 bits per heavy atom. The fraction of sp³-hybridized carbons (Fsp3) is 0.153. The first-order valence-corrected chi connectivity index (χ1v) is 32.0. The van der Waals surface area contributed by atoms with E-state index in [1.165, 1.54) is 185 Å². The summed E-state index contributed by atoms with van der Waals surface area (Å²) in [5.74, 6) is 0.669. The summed E-state index contributed by atoms with van der Waals surface area (Å²) in [6.07, 6.45) is 12.9. The largest absolute Gasteiger partial charge is 0.310 e. The molecular formula is C85H70N2. The maximum absolute atomic E-state index is 2.55. The Kier molecular flexibility index (Phi) is 13.5. The molecule has 2 nitrogen and oxygen atoms in total. The van der Waals surface area contributed by atoms with E-state index in [-0.39, 0.29) is 0 Å². The van der Waals surface area contributed by atoms with Crippen molar-refractivity contribution < 1.29 is 0 Å². The third-order valence-electron chi connectivity index (χ3n) is 19.7. The van der Waals surface area contributed by atoms with E-state index in [0.717, 1.165) is 23.5 Å². The van der Waals surface area contributed by atoms with Crippen molar-refractivity contribution in [1.82, 2.24) is 4.57 Å². The van der Waals surface area contributed by atoms with Crippen molar-refractivity contribution in [2.24, 2.45) is 0 Å². The first kappa shape index (κ1) is 52.8. The Balaban J connectivity index is 0.751. The van der Waals surface area contributed by atoms with Crippen molar-refractivity contribution in [3.05, 3.63) is 312 Å². The molecule has 0 amide bonds. The molecule has 0 aliphatic heterocycles. The minimum atomic E-state index is -0.467. The number of hydrogen-bond acceptors (Lipinski definition) is 1. The van der Waals surface area contributed by atoms with E-state index in [1.54, 1.807) is 0 Å². The van der Waals surface area contributed by atoms with E-state index in [2.05, 4.69) is 295 Å². The zero-order chi connectivity index (χ0) is 57.8. The number of unbranched alkanes of at least 4 members (excludes halogenated alkanes) is 3. The van der Waals surface area contributed by atoms with E-state index in [4.69, 9.17) is 0 Å². The monoisotopic (exact) mass is 1120 g/mol. The molecule has 3 aliphatic rings. The van der Waals surface area contributed by atoms with Gasteiger partial charge in [0.1, 0.15) is 0 Å². The number of benzene rings is 12. The summed E-state index contributed by atoms with van der Waals surface area (Å²) in [4.78, 5) is 2.49. The van der Waals surface area contributed by atoms with E-state index in [0.29, 0.717) is 5.92 Å². The Morgan fingerprint density at radius 1 is 0.368 bits per heavy atom. The van der Waals surface area contributed by atoms with Gasteiger partial charge in [0.2, 0.25) is 0 Å². The highest BCUT2D eigenvalue weighted by Gasteiger charge is 2.51. The second kappa shape index (κ2) is 22.3. The van der Waals surface area contributed by atoms with Gasteiger partial charge < -0.3 is 9.47 Å². The number of anilines is 3. The van der Waals surface area contributed by atoms with Gasteiger partial charge in [-0.2, -0.15) is 0 Å². The van der Waals surface area contributed by atoms with Gasteiger partial charge >= 0.3 is 0 Å². The first-order chi connectivity index (χ1) is 43.1. The molecule has 16 rings (SSSR count). The minimum Gasteiger partial charge on any atom is -0.310 e. The molecule has 0 unspecified atom stereocenters. The van der Waals surface area contributed by atoms with Crippen LogP contribution in [0.25, 0.3) is 94.3 Å². The lowest BCUT2D eigenvalue weighted by Gasteiger charge is -2.32. The molecule has 1 fully saturated rings. The molecule has 0 N–H and O–H groups in total. The van der Waals surface area contributed by atoms with Gasteiger partial charge in [0.05, 0.1) is 22.1 Å². The highest BCUT2D eigenvalue weighted by Crippen LogP contribution is 2.63. The molecular weight excluding hydrogens is 1050 g/mol. The van der Waals surface area contributed by atoms with Gasteiger partial charge in [-0.3, -0.25) is 0 Å². The Bertz CT molecular complexity index is 4630. The van der Waals surface area contributed by atoms with Crippen LogP contribution in [0.15, 0.2) is 279 Å². The predicted octanol–water partition coefficient (Wildman–Crippen LogP) is 23.4. The normalized spacial score (nSPS) is 13.9. The van der Waals surface area contributed by atoms with E-state index >= 15 is 0 Å². The lowest BCUT2D eigenvalue weighted by Crippen LogP contribution is -2.26. The second-order valence-electron chi connectivity index (χ2n) is 24.7. The molecule has 0 saturated heterocycles. The van der Waals surface area contributed by atoms with Crippen LogP contribution < -0.4 is 4.90 Å². The molecule has 13 aromatic rings. The molecule has 87 heavy (non-hydrogen) atoms. The third-order valence-corrected chi connectivity index (χ3v) is 19.7. The molecule has 1 spiro atoms. The van der Waals surface area contributed by atoms with Gasteiger partial charge in [-0.1, -0.05) is 252 Å². The number of nitrogens with zero attached hydrogens (tertiary/aromatic N) is 2. The summed E-state index contributed by atoms with van der Waals surface area (Å²) >= 11 is 0. The van der Waals surface area contributed by atoms with Crippen LogP contribution in [-0.2, 0) is 11.8 Å². The van der Waals surface area contributed by atoms with Crippen LogP contribution in [0.2, 0.25) is 0 Å². The van der Waals surface area contributed by atoms with Crippen molar-refractivity contribution >= 4 is 38.9 Å². The number of aromatic nitrogens is 1. The van der Waals surface area contributed by atoms with Gasteiger partial charge in [0.25, 0.3) is 0 Å². The van der Waals surface area contributed by atoms with Crippen LogP contribution in [0.3, 0.4) is 0 Å². The van der Waals surface area contributed by atoms with Crippen molar-refractivity contribution in [2.75, 3.05) is 4.90 Å². The van der Waals surface area contributed by atoms with Gasteiger partial charge in [-0.15, -0.1) is 0 Å². The maximum atomic E-state index is 2.55. The second-order valence-corrected chi connectivity index (χ2v) is 24.7. The van der Waals surface area contributed by atoms with Gasteiger partial charge in [-0.05, 0) is 199 Å². The topological polar surface area (TPSA) is 8.17 Å². The Hall–Kier alpha value is -9.76. The number of fused-ring (bicyclic) bond motifs is 13. The third kappa shape index (κ3) is 9.07.